The zero-order chi connectivity index (χ0) is 9.84. The lowest BCUT2D eigenvalue weighted by molar-refractivity contribution is -0.116. The minimum Gasteiger partial charge on any atom is -0.398 e. The molecule has 4 heteroatoms. The van der Waals surface area contributed by atoms with Crippen molar-refractivity contribution in [3.05, 3.63) is 23.8 Å². The van der Waals surface area contributed by atoms with Gasteiger partial charge in [0.25, 0.3) is 0 Å². The van der Waals surface area contributed by atoms with E-state index in [2.05, 4.69) is 12.6 Å². The number of thiol groups is 1. The molecule has 0 aromatic heterocycles. The average Bonchev–Trinajstić information content (AvgIpc) is 2.13. The van der Waals surface area contributed by atoms with Crippen LogP contribution in [-0.2, 0) is 11.2 Å². The van der Waals surface area contributed by atoms with Gasteiger partial charge in [0.2, 0.25) is 0 Å². The molecule has 0 saturated heterocycles. The molecular formula is C9H10ClNOS. The smallest absolute Gasteiger partial charge is 0.152 e. The first-order chi connectivity index (χ1) is 6.15. The van der Waals surface area contributed by atoms with Gasteiger partial charge in [-0.2, -0.15) is 0 Å². The van der Waals surface area contributed by atoms with E-state index in [-0.39, 0.29) is 18.1 Å². The summed E-state index contributed by atoms with van der Waals surface area (Å²) in [6.07, 6.45) is 0.281. The predicted molar refractivity (Wildman–Crippen MR) is 57.5 cm³/mol. The van der Waals surface area contributed by atoms with Crippen LogP contribution in [0.5, 0.6) is 0 Å². The van der Waals surface area contributed by atoms with E-state index in [9.17, 15) is 4.79 Å². The minimum absolute atomic E-state index is 0.0240. The maximum absolute atomic E-state index is 11.0. The Morgan fingerprint density at radius 3 is 2.85 bits per heavy atom. The molecule has 2 nitrogen and oxygen atoms in total. The Morgan fingerprint density at radius 2 is 2.23 bits per heavy atom. The number of rotatable bonds is 3. The van der Waals surface area contributed by atoms with Crippen LogP contribution >= 0.6 is 24.2 Å². The predicted octanol–water partition coefficient (Wildman–Crippen LogP) is 1.91. The first-order valence-electron chi connectivity index (χ1n) is 3.79. The molecule has 0 heterocycles. The van der Waals surface area contributed by atoms with Gasteiger partial charge in [0, 0.05) is 17.0 Å². The number of carbonyl (C=O) groups is 1. The molecule has 0 aliphatic rings. The van der Waals surface area contributed by atoms with Gasteiger partial charge in [-0.05, 0) is 11.6 Å². The second kappa shape index (κ2) is 4.53. The van der Waals surface area contributed by atoms with Gasteiger partial charge >= 0.3 is 0 Å². The summed E-state index contributed by atoms with van der Waals surface area (Å²) in [6, 6.07) is 5.40. The van der Waals surface area contributed by atoms with Gasteiger partial charge in [0.15, 0.2) is 5.78 Å². The number of anilines is 1. The number of nitrogen functional groups attached to an aromatic ring is 1. The molecule has 0 unspecified atom stereocenters. The summed E-state index contributed by atoms with van der Waals surface area (Å²) in [7, 11) is 0. The molecule has 0 aliphatic heterocycles. The molecule has 1 aromatic rings. The quantitative estimate of drug-likeness (QED) is 0.460. The van der Waals surface area contributed by atoms with Crippen molar-refractivity contribution in [3.63, 3.8) is 0 Å². The van der Waals surface area contributed by atoms with Crippen molar-refractivity contribution in [1.82, 2.24) is 0 Å². The summed E-state index contributed by atoms with van der Waals surface area (Å²) in [5.41, 5.74) is 7.06. The lowest BCUT2D eigenvalue weighted by Gasteiger charge is -2.05. The fourth-order valence-electron chi connectivity index (χ4n) is 1.01. The van der Waals surface area contributed by atoms with Crippen molar-refractivity contribution in [3.8, 4) is 0 Å². The summed E-state index contributed by atoms with van der Waals surface area (Å²) in [6.45, 7) is 0. The van der Waals surface area contributed by atoms with Crippen LogP contribution in [0.3, 0.4) is 0 Å². The molecule has 0 bridgehead atoms. The van der Waals surface area contributed by atoms with Crippen LogP contribution < -0.4 is 5.73 Å². The average molecular weight is 216 g/mol. The Bertz CT molecular complexity index is 327. The number of hydrogen-bond donors (Lipinski definition) is 2. The number of benzene rings is 1. The molecule has 1 rings (SSSR count). The van der Waals surface area contributed by atoms with Crippen LogP contribution in [-0.4, -0.2) is 11.7 Å². The van der Waals surface area contributed by atoms with Crippen molar-refractivity contribution < 1.29 is 4.79 Å². The van der Waals surface area contributed by atoms with E-state index in [1.165, 1.54) is 0 Å². The monoisotopic (exact) mass is 215 g/mol. The van der Waals surface area contributed by atoms with Crippen molar-refractivity contribution in [2.24, 2.45) is 0 Å². The molecule has 13 heavy (non-hydrogen) atoms. The highest BCUT2D eigenvalue weighted by atomic mass is 35.5. The van der Waals surface area contributed by atoms with E-state index in [0.717, 1.165) is 5.56 Å². The molecule has 0 saturated carbocycles. The van der Waals surface area contributed by atoms with Gasteiger partial charge in [0.05, 0.1) is 5.88 Å². The van der Waals surface area contributed by atoms with Gasteiger partial charge < -0.3 is 5.73 Å². The summed E-state index contributed by atoms with van der Waals surface area (Å²) in [5, 5.41) is 0. The molecule has 0 radical (unpaired) electrons. The first kappa shape index (κ1) is 10.4. The fraction of sp³-hybridized carbons (Fsp3) is 0.222. The van der Waals surface area contributed by atoms with Crippen molar-refractivity contribution in [1.29, 1.82) is 0 Å². The summed E-state index contributed by atoms with van der Waals surface area (Å²) >= 11 is 9.53. The van der Waals surface area contributed by atoms with Gasteiger partial charge in [-0.15, -0.1) is 24.2 Å². The molecular weight excluding hydrogens is 206 g/mol. The van der Waals surface area contributed by atoms with Crippen LogP contribution in [0.25, 0.3) is 0 Å². The van der Waals surface area contributed by atoms with E-state index in [1.807, 2.05) is 6.07 Å². The second-order valence-electron chi connectivity index (χ2n) is 2.70. The lowest BCUT2D eigenvalue weighted by atomic mass is 10.1. The number of halogens is 1. The van der Waals surface area contributed by atoms with Gasteiger partial charge in [0.1, 0.15) is 0 Å². The van der Waals surface area contributed by atoms with Crippen LogP contribution in [0.4, 0.5) is 5.69 Å². The fourth-order valence-corrected chi connectivity index (χ4v) is 1.34. The van der Waals surface area contributed by atoms with Crippen molar-refractivity contribution >= 4 is 35.7 Å². The van der Waals surface area contributed by atoms with Gasteiger partial charge in [-0.25, -0.2) is 0 Å². The second-order valence-corrected chi connectivity index (χ2v) is 3.45. The van der Waals surface area contributed by atoms with E-state index < -0.39 is 0 Å². The first-order valence-corrected chi connectivity index (χ1v) is 4.77. The number of Topliss-reactive ketones (excluding diaryl/α,β-unsaturated/α-hetero) is 1. The molecule has 0 amide bonds. The van der Waals surface area contributed by atoms with Crippen LogP contribution in [0.1, 0.15) is 5.56 Å². The lowest BCUT2D eigenvalue weighted by Crippen LogP contribution is -2.06. The Morgan fingerprint density at radius 1 is 1.54 bits per heavy atom. The van der Waals surface area contributed by atoms with E-state index in [0.29, 0.717) is 10.6 Å². The maximum atomic E-state index is 11.0. The summed E-state index contributed by atoms with van der Waals surface area (Å²) in [4.78, 5) is 11.7. The van der Waals surface area contributed by atoms with E-state index in [4.69, 9.17) is 17.3 Å². The maximum Gasteiger partial charge on any atom is 0.152 e. The molecule has 2 N–H and O–H groups in total. The van der Waals surface area contributed by atoms with E-state index >= 15 is 0 Å². The number of nitrogens with two attached hydrogens (primary N) is 1. The van der Waals surface area contributed by atoms with Crippen LogP contribution in [0, 0.1) is 0 Å². The zero-order valence-corrected chi connectivity index (χ0v) is 8.61. The minimum atomic E-state index is -0.0349. The largest absolute Gasteiger partial charge is 0.398 e. The van der Waals surface area contributed by atoms with Crippen LogP contribution in [0.15, 0.2) is 23.1 Å². The molecule has 0 fully saturated rings. The molecule has 0 spiro atoms. The third-order valence-electron chi connectivity index (χ3n) is 1.71. The van der Waals surface area contributed by atoms with Crippen LogP contribution in [0.2, 0.25) is 0 Å². The number of hydrogen-bond acceptors (Lipinski definition) is 3. The SMILES string of the molecule is Nc1c(S)cccc1CC(=O)CCl. The molecule has 0 atom stereocenters. The molecule has 1 aromatic carbocycles. The zero-order valence-electron chi connectivity index (χ0n) is 6.96. The normalized spacial score (nSPS) is 10.0. The Labute approximate surface area is 87.5 Å². The Hall–Kier alpha value is -0.670. The third kappa shape index (κ3) is 2.64. The highest BCUT2D eigenvalue weighted by Gasteiger charge is 2.06. The number of alkyl halides is 1. The van der Waals surface area contributed by atoms with Crippen molar-refractivity contribution in [2.45, 2.75) is 11.3 Å². The van der Waals surface area contributed by atoms with Gasteiger partial charge in [-0.3, -0.25) is 4.79 Å². The Balaban J connectivity index is 2.89. The number of ketones is 1. The number of para-hydroxylation sites is 1. The van der Waals surface area contributed by atoms with E-state index in [1.54, 1.807) is 12.1 Å². The highest BCUT2D eigenvalue weighted by Crippen LogP contribution is 2.21. The highest BCUT2D eigenvalue weighted by molar-refractivity contribution is 7.80. The summed E-state index contributed by atoms with van der Waals surface area (Å²) < 4.78 is 0. The van der Waals surface area contributed by atoms with Crippen molar-refractivity contribution in [2.75, 3.05) is 11.6 Å². The standard InChI is InChI=1S/C9H10ClNOS/c10-5-7(12)4-6-2-1-3-8(13)9(6)11/h1-3,13H,4-5,11H2. The van der Waals surface area contributed by atoms with Gasteiger partial charge in [-0.1, -0.05) is 12.1 Å². The molecule has 0 aliphatic carbocycles. The number of carbonyl (C=O) groups excluding carboxylic acids is 1. The Kier molecular flexibility index (Phi) is 3.63. The topological polar surface area (TPSA) is 43.1 Å². The molecule has 70 valence electrons. The summed E-state index contributed by atoms with van der Waals surface area (Å²) in [5.74, 6) is -0.0109. The third-order valence-corrected chi connectivity index (χ3v) is 2.40.